The van der Waals surface area contributed by atoms with Crippen LogP contribution in [0.15, 0.2) is 24.3 Å². The molecule has 2 fully saturated rings. The van der Waals surface area contributed by atoms with Gasteiger partial charge in [-0.1, -0.05) is 42.7 Å². The van der Waals surface area contributed by atoms with Gasteiger partial charge in [0.2, 0.25) is 5.91 Å². The van der Waals surface area contributed by atoms with Gasteiger partial charge in [-0.05, 0) is 38.2 Å². The summed E-state index contributed by atoms with van der Waals surface area (Å²) in [4.78, 5) is 26.4. The van der Waals surface area contributed by atoms with E-state index in [1.54, 1.807) is 0 Å². The van der Waals surface area contributed by atoms with Crippen molar-refractivity contribution >= 4 is 11.9 Å². The van der Waals surface area contributed by atoms with Gasteiger partial charge in [0.05, 0.1) is 6.42 Å². The zero-order chi connectivity index (χ0) is 17.6. The molecule has 2 N–H and O–H groups in total. The molecule has 0 atom stereocenters. The number of nitrogens with zero attached hydrogens (tertiary/aromatic N) is 1. The van der Waals surface area contributed by atoms with Crippen molar-refractivity contribution < 1.29 is 9.59 Å². The molecule has 1 aliphatic carbocycles. The fourth-order valence-corrected chi connectivity index (χ4v) is 3.75. The van der Waals surface area contributed by atoms with E-state index >= 15 is 0 Å². The molecule has 0 spiro atoms. The van der Waals surface area contributed by atoms with Crippen LogP contribution in [-0.4, -0.2) is 42.0 Å². The maximum absolute atomic E-state index is 12.4. The molecule has 1 aliphatic heterocycles. The van der Waals surface area contributed by atoms with E-state index in [2.05, 4.69) is 10.6 Å². The number of rotatable bonds is 4. The minimum absolute atomic E-state index is 0.0451. The first-order valence-electron chi connectivity index (χ1n) is 9.50. The topological polar surface area (TPSA) is 61.4 Å². The number of nitrogens with one attached hydrogen (secondary N) is 2. The number of hydrogen-bond acceptors (Lipinski definition) is 2. The fraction of sp³-hybridized carbons (Fsp3) is 0.600. The highest BCUT2D eigenvalue weighted by molar-refractivity contribution is 5.79. The molecule has 1 aromatic carbocycles. The van der Waals surface area contributed by atoms with Gasteiger partial charge in [-0.15, -0.1) is 0 Å². The van der Waals surface area contributed by atoms with Gasteiger partial charge in [-0.25, -0.2) is 4.79 Å². The van der Waals surface area contributed by atoms with E-state index in [4.69, 9.17) is 0 Å². The Hall–Kier alpha value is -2.04. The van der Waals surface area contributed by atoms with E-state index in [1.165, 1.54) is 18.4 Å². The highest BCUT2D eigenvalue weighted by Gasteiger charge is 2.25. The number of amides is 3. The van der Waals surface area contributed by atoms with E-state index in [-0.39, 0.29) is 18.0 Å². The van der Waals surface area contributed by atoms with Gasteiger partial charge in [0.15, 0.2) is 0 Å². The smallest absolute Gasteiger partial charge is 0.315 e. The number of urea groups is 1. The first kappa shape index (κ1) is 17.8. The molecule has 1 saturated carbocycles. The number of carbonyl (C=O) groups excluding carboxylic acids is 2. The number of likely N-dealkylation sites (tertiary alicyclic amines) is 1. The second-order valence-electron chi connectivity index (χ2n) is 7.42. The number of aryl methyl sites for hydroxylation is 1. The van der Waals surface area contributed by atoms with Gasteiger partial charge in [-0.2, -0.15) is 0 Å². The van der Waals surface area contributed by atoms with Gasteiger partial charge in [0.1, 0.15) is 0 Å². The van der Waals surface area contributed by atoms with Gasteiger partial charge in [0.25, 0.3) is 0 Å². The minimum atomic E-state index is -0.0451. The summed E-state index contributed by atoms with van der Waals surface area (Å²) >= 11 is 0. The molecule has 3 rings (SSSR count). The Morgan fingerprint density at radius 3 is 2.12 bits per heavy atom. The molecule has 5 nitrogen and oxygen atoms in total. The normalized spacial score (nSPS) is 19.0. The van der Waals surface area contributed by atoms with Gasteiger partial charge in [-0.3, -0.25) is 4.79 Å². The van der Waals surface area contributed by atoms with Crippen molar-refractivity contribution in [3.05, 3.63) is 35.4 Å². The summed E-state index contributed by atoms with van der Waals surface area (Å²) in [6.07, 6.45) is 6.74. The summed E-state index contributed by atoms with van der Waals surface area (Å²) in [5.74, 6) is 0.178. The van der Waals surface area contributed by atoms with Crippen LogP contribution >= 0.6 is 0 Å². The number of carbonyl (C=O) groups is 2. The molecular formula is C20H29N3O2. The van der Waals surface area contributed by atoms with E-state index in [0.29, 0.717) is 12.5 Å². The first-order chi connectivity index (χ1) is 12.1. The summed E-state index contributed by atoms with van der Waals surface area (Å²) in [7, 11) is 0. The Morgan fingerprint density at radius 1 is 0.960 bits per heavy atom. The van der Waals surface area contributed by atoms with Crippen LogP contribution in [-0.2, 0) is 11.2 Å². The molecule has 0 unspecified atom stereocenters. The Labute approximate surface area is 150 Å². The highest BCUT2D eigenvalue weighted by atomic mass is 16.2. The summed E-state index contributed by atoms with van der Waals surface area (Å²) in [5, 5.41) is 6.14. The van der Waals surface area contributed by atoms with E-state index in [9.17, 15) is 9.59 Å². The van der Waals surface area contributed by atoms with Crippen LogP contribution in [0, 0.1) is 6.92 Å². The Balaban J connectivity index is 1.39. The molecule has 3 amide bonds. The molecule has 5 heteroatoms. The van der Waals surface area contributed by atoms with Crippen LogP contribution in [0.25, 0.3) is 0 Å². The van der Waals surface area contributed by atoms with Crippen molar-refractivity contribution in [1.29, 1.82) is 0 Å². The summed E-state index contributed by atoms with van der Waals surface area (Å²) < 4.78 is 0. The summed E-state index contributed by atoms with van der Waals surface area (Å²) in [6.45, 7) is 3.49. The summed E-state index contributed by atoms with van der Waals surface area (Å²) in [5.41, 5.74) is 2.27. The SMILES string of the molecule is Cc1ccc(CC(=O)N2CCC(NC(=O)NC3CCCC3)CC2)cc1. The zero-order valence-corrected chi connectivity index (χ0v) is 15.1. The number of hydrogen-bond donors (Lipinski definition) is 2. The molecule has 0 radical (unpaired) electrons. The average molecular weight is 343 g/mol. The fourth-order valence-electron chi connectivity index (χ4n) is 3.75. The van der Waals surface area contributed by atoms with Gasteiger partial charge < -0.3 is 15.5 Å². The maximum atomic E-state index is 12.4. The van der Waals surface area contributed by atoms with Crippen molar-refractivity contribution in [2.24, 2.45) is 0 Å². The lowest BCUT2D eigenvalue weighted by molar-refractivity contribution is -0.131. The average Bonchev–Trinajstić information content (AvgIpc) is 3.10. The molecular weight excluding hydrogens is 314 g/mol. The molecule has 25 heavy (non-hydrogen) atoms. The molecule has 1 heterocycles. The van der Waals surface area contributed by atoms with Crippen LogP contribution < -0.4 is 10.6 Å². The molecule has 0 aromatic heterocycles. The van der Waals surface area contributed by atoms with Crippen LogP contribution in [0.3, 0.4) is 0 Å². The Morgan fingerprint density at radius 2 is 1.52 bits per heavy atom. The summed E-state index contributed by atoms with van der Waals surface area (Å²) in [6, 6.07) is 8.60. The second-order valence-corrected chi connectivity index (χ2v) is 7.42. The quantitative estimate of drug-likeness (QED) is 0.883. The standard InChI is InChI=1S/C20H29N3O2/c1-15-6-8-16(9-7-15)14-19(24)23-12-10-18(11-13-23)22-20(25)21-17-4-2-3-5-17/h6-9,17-18H,2-5,10-14H2,1H3,(H2,21,22,25). The molecule has 0 bridgehead atoms. The predicted octanol–water partition coefficient (Wildman–Crippen LogP) is 2.77. The molecule has 1 aromatic rings. The van der Waals surface area contributed by atoms with Crippen molar-refractivity contribution in [3.63, 3.8) is 0 Å². The van der Waals surface area contributed by atoms with Gasteiger partial charge in [0, 0.05) is 25.2 Å². The number of piperidine rings is 1. The van der Waals surface area contributed by atoms with E-state index < -0.39 is 0 Å². The lowest BCUT2D eigenvalue weighted by Crippen LogP contribution is -2.50. The minimum Gasteiger partial charge on any atom is -0.342 e. The number of benzene rings is 1. The van der Waals surface area contributed by atoms with Crippen LogP contribution in [0.4, 0.5) is 4.79 Å². The molecule has 136 valence electrons. The molecule has 1 saturated heterocycles. The second kappa shape index (κ2) is 8.37. The van der Waals surface area contributed by atoms with E-state index in [1.807, 2.05) is 36.1 Å². The van der Waals surface area contributed by atoms with Crippen molar-refractivity contribution in [1.82, 2.24) is 15.5 Å². The van der Waals surface area contributed by atoms with Gasteiger partial charge >= 0.3 is 6.03 Å². The van der Waals surface area contributed by atoms with Crippen LogP contribution in [0.5, 0.6) is 0 Å². The highest BCUT2D eigenvalue weighted by Crippen LogP contribution is 2.18. The largest absolute Gasteiger partial charge is 0.342 e. The van der Waals surface area contributed by atoms with Crippen LogP contribution in [0.1, 0.15) is 49.7 Å². The first-order valence-corrected chi connectivity index (χ1v) is 9.50. The van der Waals surface area contributed by atoms with Crippen molar-refractivity contribution in [3.8, 4) is 0 Å². The third-order valence-electron chi connectivity index (χ3n) is 5.35. The lowest BCUT2D eigenvalue weighted by Gasteiger charge is -2.32. The monoisotopic (exact) mass is 343 g/mol. The molecule has 2 aliphatic rings. The van der Waals surface area contributed by atoms with Crippen molar-refractivity contribution in [2.75, 3.05) is 13.1 Å². The van der Waals surface area contributed by atoms with E-state index in [0.717, 1.165) is 44.3 Å². The predicted molar refractivity (Wildman–Crippen MR) is 98.4 cm³/mol. The third-order valence-corrected chi connectivity index (χ3v) is 5.35. The maximum Gasteiger partial charge on any atom is 0.315 e. The Kier molecular flexibility index (Phi) is 5.95. The lowest BCUT2D eigenvalue weighted by atomic mass is 10.0. The zero-order valence-electron chi connectivity index (χ0n) is 15.1. The Bertz CT molecular complexity index is 585. The van der Waals surface area contributed by atoms with Crippen molar-refractivity contribution in [2.45, 2.75) is 64.0 Å². The third kappa shape index (κ3) is 5.21. The van der Waals surface area contributed by atoms with Crippen LogP contribution in [0.2, 0.25) is 0 Å².